The van der Waals surface area contributed by atoms with Crippen LogP contribution in [-0.2, 0) is 6.54 Å². The van der Waals surface area contributed by atoms with Crippen LogP contribution in [0.4, 0.5) is 0 Å². The summed E-state index contributed by atoms with van der Waals surface area (Å²) >= 11 is 0. The lowest BCUT2D eigenvalue weighted by Crippen LogP contribution is -2.33. The first-order chi connectivity index (χ1) is 12.2. The van der Waals surface area contributed by atoms with Crippen LogP contribution in [0, 0.1) is 6.92 Å². The Morgan fingerprint density at radius 3 is 2.88 bits per heavy atom. The molecular weight excluding hydrogens is 322 g/mol. The summed E-state index contributed by atoms with van der Waals surface area (Å²) < 4.78 is 10.6. The molecule has 1 aliphatic rings. The lowest BCUT2D eigenvalue weighted by molar-refractivity contribution is 0.180. The molecule has 25 heavy (non-hydrogen) atoms. The van der Waals surface area contributed by atoms with Crippen LogP contribution in [0.2, 0.25) is 0 Å². The molecule has 1 aliphatic heterocycles. The van der Waals surface area contributed by atoms with Gasteiger partial charge in [-0.2, -0.15) is 4.98 Å². The number of nitrogens with one attached hydrogen (secondary N) is 1. The first-order valence-corrected chi connectivity index (χ1v) is 8.34. The quantitative estimate of drug-likeness (QED) is 0.775. The zero-order valence-electron chi connectivity index (χ0n) is 13.9. The van der Waals surface area contributed by atoms with Crippen molar-refractivity contribution >= 4 is 0 Å². The largest absolute Gasteiger partial charge is 0.461 e. The monoisotopic (exact) mass is 341 g/mol. The minimum atomic E-state index is -0.0822. The second kappa shape index (κ2) is 6.64. The van der Waals surface area contributed by atoms with Crippen LogP contribution in [0.1, 0.15) is 36.2 Å². The maximum absolute atomic E-state index is 11.6. The maximum Gasteiger partial charge on any atom is 0.251 e. The summed E-state index contributed by atoms with van der Waals surface area (Å²) in [4.78, 5) is 25.4. The van der Waals surface area contributed by atoms with Gasteiger partial charge in [0.2, 0.25) is 11.7 Å². The van der Waals surface area contributed by atoms with Gasteiger partial charge in [0.25, 0.3) is 5.56 Å². The zero-order valence-corrected chi connectivity index (χ0v) is 13.9. The van der Waals surface area contributed by atoms with Gasteiger partial charge in [-0.15, -0.1) is 0 Å². The average Bonchev–Trinajstić information content (AvgIpc) is 3.26. The van der Waals surface area contributed by atoms with Gasteiger partial charge < -0.3 is 13.9 Å². The standard InChI is InChI=1S/C17H19N5O3/c1-11-18-13(9-15(23)19-11)12-4-6-22(7-5-12)10-16-20-17(21-25-16)14-3-2-8-24-14/h2-3,8-9,12H,4-7,10H2,1H3,(H,18,19,23). The summed E-state index contributed by atoms with van der Waals surface area (Å²) in [5.74, 6) is 2.64. The Morgan fingerprint density at radius 1 is 1.32 bits per heavy atom. The predicted octanol–water partition coefficient (Wildman–Crippen LogP) is 2.10. The van der Waals surface area contributed by atoms with Gasteiger partial charge in [-0.1, -0.05) is 5.16 Å². The van der Waals surface area contributed by atoms with Gasteiger partial charge >= 0.3 is 0 Å². The molecule has 130 valence electrons. The van der Waals surface area contributed by atoms with E-state index in [-0.39, 0.29) is 5.56 Å². The SMILES string of the molecule is Cc1nc(C2CCN(Cc3nc(-c4ccco4)no3)CC2)cc(=O)[nH]1. The molecule has 4 heterocycles. The molecule has 0 bridgehead atoms. The van der Waals surface area contributed by atoms with Crippen LogP contribution < -0.4 is 5.56 Å². The summed E-state index contributed by atoms with van der Waals surface area (Å²) in [7, 11) is 0. The minimum Gasteiger partial charge on any atom is -0.461 e. The van der Waals surface area contributed by atoms with Gasteiger partial charge in [-0.05, 0) is 45.0 Å². The van der Waals surface area contributed by atoms with Gasteiger partial charge in [0, 0.05) is 12.0 Å². The van der Waals surface area contributed by atoms with Crippen LogP contribution >= 0.6 is 0 Å². The summed E-state index contributed by atoms with van der Waals surface area (Å²) in [5.41, 5.74) is 0.806. The van der Waals surface area contributed by atoms with Gasteiger partial charge in [0.1, 0.15) is 5.82 Å². The number of aromatic amines is 1. The molecule has 0 atom stereocenters. The maximum atomic E-state index is 11.6. The van der Waals surface area contributed by atoms with E-state index in [1.807, 2.05) is 6.92 Å². The highest BCUT2D eigenvalue weighted by atomic mass is 16.5. The fourth-order valence-corrected chi connectivity index (χ4v) is 3.21. The summed E-state index contributed by atoms with van der Waals surface area (Å²) in [6, 6.07) is 5.21. The van der Waals surface area contributed by atoms with Crippen LogP contribution in [0.5, 0.6) is 0 Å². The summed E-state index contributed by atoms with van der Waals surface area (Å²) in [5, 5.41) is 3.95. The van der Waals surface area contributed by atoms with E-state index >= 15 is 0 Å². The molecule has 0 unspecified atom stereocenters. The van der Waals surface area contributed by atoms with E-state index in [1.165, 1.54) is 0 Å². The molecule has 0 saturated carbocycles. The molecule has 4 rings (SSSR count). The smallest absolute Gasteiger partial charge is 0.251 e. The molecule has 0 radical (unpaired) electrons. The molecule has 0 spiro atoms. The summed E-state index contributed by atoms with van der Waals surface area (Å²) in [6.07, 6.45) is 3.49. The molecule has 8 nitrogen and oxygen atoms in total. The Hall–Kier alpha value is -2.74. The van der Waals surface area contributed by atoms with Crippen molar-refractivity contribution in [3.63, 3.8) is 0 Å². The fraction of sp³-hybridized carbons (Fsp3) is 0.412. The van der Waals surface area contributed by atoms with Crippen molar-refractivity contribution in [2.45, 2.75) is 32.2 Å². The van der Waals surface area contributed by atoms with Crippen molar-refractivity contribution in [1.29, 1.82) is 0 Å². The number of furan rings is 1. The Kier molecular flexibility index (Phi) is 4.19. The molecule has 0 aromatic carbocycles. The number of aryl methyl sites for hydroxylation is 1. The van der Waals surface area contributed by atoms with E-state index in [0.717, 1.165) is 31.6 Å². The Morgan fingerprint density at radius 2 is 2.16 bits per heavy atom. The molecular formula is C17H19N5O3. The Balaban J connectivity index is 1.37. The summed E-state index contributed by atoms with van der Waals surface area (Å²) in [6.45, 7) is 4.22. The van der Waals surface area contributed by atoms with Gasteiger partial charge in [-0.25, -0.2) is 4.98 Å². The van der Waals surface area contributed by atoms with Crippen molar-refractivity contribution in [1.82, 2.24) is 25.0 Å². The highest BCUT2D eigenvalue weighted by Crippen LogP contribution is 2.27. The number of likely N-dealkylation sites (tertiary alicyclic amines) is 1. The third kappa shape index (κ3) is 3.53. The van der Waals surface area contributed by atoms with Crippen molar-refractivity contribution in [3.05, 3.63) is 52.2 Å². The Labute approximate surface area is 143 Å². The van der Waals surface area contributed by atoms with E-state index in [4.69, 9.17) is 8.94 Å². The van der Waals surface area contributed by atoms with Crippen molar-refractivity contribution in [2.75, 3.05) is 13.1 Å². The highest BCUT2D eigenvalue weighted by molar-refractivity contribution is 5.44. The average molecular weight is 341 g/mol. The van der Waals surface area contributed by atoms with E-state index < -0.39 is 0 Å². The number of rotatable bonds is 4. The van der Waals surface area contributed by atoms with Crippen molar-refractivity contribution in [3.8, 4) is 11.6 Å². The van der Waals surface area contributed by atoms with Crippen LogP contribution in [0.15, 0.2) is 38.2 Å². The van der Waals surface area contributed by atoms with E-state index in [9.17, 15) is 4.79 Å². The molecule has 1 N–H and O–H groups in total. The van der Waals surface area contributed by atoms with Crippen molar-refractivity contribution in [2.24, 2.45) is 0 Å². The lowest BCUT2D eigenvalue weighted by Gasteiger charge is -2.30. The van der Waals surface area contributed by atoms with Crippen LogP contribution in [-0.4, -0.2) is 38.1 Å². The molecule has 3 aromatic heterocycles. The molecule has 0 amide bonds. The van der Waals surface area contributed by atoms with Crippen LogP contribution in [0.3, 0.4) is 0 Å². The number of aromatic nitrogens is 4. The molecule has 1 fully saturated rings. The molecule has 1 saturated heterocycles. The van der Waals surface area contributed by atoms with Crippen molar-refractivity contribution < 1.29 is 8.94 Å². The number of hydrogen-bond acceptors (Lipinski definition) is 7. The molecule has 3 aromatic rings. The number of piperidine rings is 1. The first-order valence-electron chi connectivity index (χ1n) is 8.34. The normalized spacial score (nSPS) is 16.4. The topological polar surface area (TPSA) is 101 Å². The second-order valence-corrected chi connectivity index (χ2v) is 6.30. The van der Waals surface area contributed by atoms with E-state index in [0.29, 0.717) is 35.8 Å². The zero-order chi connectivity index (χ0) is 17.2. The van der Waals surface area contributed by atoms with Gasteiger partial charge in [-0.3, -0.25) is 9.69 Å². The lowest BCUT2D eigenvalue weighted by atomic mass is 9.93. The van der Waals surface area contributed by atoms with E-state index in [2.05, 4.69) is 25.0 Å². The minimum absolute atomic E-state index is 0.0822. The number of H-pyrrole nitrogens is 1. The highest BCUT2D eigenvalue weighted by Gasteiger charge is 2.23. The molecule has 8 heteroatoms. The van der Waals surface area contributed by atoms with Gasteiger partial charge in [0.05, 0.1) is 18.5 Å². The third-order valence-electron chi connectivity index (χ3n) is 4.45. The third-order valence-corrected chi connectivity index (χ3v) is 4.45. The second-order valence-electron chi connectivity index (χ2n) is 6.30. The number of nitrogens with zero attached hydrogens (tertiary/aromatic N) is 4. The predicted molar refractivity (Wildman–Crippen MR) is 88.8 cm³/mol. The fourth-order valence-electron chi connectivity index (χ4n) is 3.21. The number of hydrogen-bond donors (Lipinski definition) is 1. The van der Waals surface area contributed by atoms with Gasteiger partial charge in [0.15, 0.2) is 5.76 Å². The van der Waals surface area contributed by atoms with Crippen LogP contribution in [0.25, 0.3) is 11.6 Å². The van der Waals surface area contributed by atoms with E-state index in [1.54, 1.807) is 24.5 Å². The molecule has 0 aliphatic carbocycles. The first kappa shape index (κ1) is 15.8. The Bertz CT molecular complexity index is 891.